The maximum atomic E-state index is 13.4. The molecule has 0 radical (unpaired) electrons. The zero-order valence-corrected chi connectivity index (χ0v) is 18.9. The molecular formula is C22H20Cl2N6O2. The van der Waals surface area contributed by atoms with E-state index < -0.39 is 6.03 Å². The van der Waals surface area contributed by atoms with Crippen molar-refractivity contribution >= 4 is 68.9 Å². The number of urea groups is 1. The van der Waals surface area contributed by atoms with Crippen LogP contribution in [0.5, 0.6) is 0 Å². The molecule has 0 spiro atoms. The number of halogens is 2. The van der Waals surface area contributed by atoms with Crippen molar-refractivity contribution in [2.75, 3.05) is 5.32 Å². The van der Waals surface area contributed by atoms with Crippen LogP contribution in [0.2, 0.25) is 10.0 Å². The molecule has 164 valence electrons. The number of carbonyl (C=O) groups excluding carboxylic acids is 1. The number of anilines is 2. The topological polar surface area (TPSA) is 107 Å². The summed E-state index contributed by atoms with van der Waals surface area (Å²) >= 11 is 12.6. The van der Waals surface area contributed by atoms with E-state index in [-0.39, 0.29) is 5.56 Å². The summed E-state index contributed by atoms with van der Waals surface area (Å²) in [5.41, 5.74) is 7.70. The summed E-state index contributed by atoms with van der Waals surface area (Å²) in [7, 11) is 1.83. The highest BCUT2D eigenvalue weighted by Gasteiger charge is 2.17. The molecule has 2 aromatic heterocycles. The van der Waals surface area contributed by atoms with Crippen LogP contribution in [0.1, 0.15) is 12.0 Å². The molecule has 0 aliphatic carbocycles. The SMILES string of the molecule is Cc1cn(CCC=NC(N)=O)c(=O)c2c1ccc1nc(Nc3c(Cl)cccc3Cl)n(C)c12. The van der Waals surface area contributed by atoms with E-state index in [1.54, 1.807) is 29.0 Å². The lowest BCUT2D eigenvalue weighted by atomic mass is 10.1. The molecule has 2 aromatic carbocycles. The van der Waals surface area contributed by atoms with E-state index in [9.17, 15) is 9.59 Å². The van der Waals surface area contributed by atoms with Crippen LogP contribution in [0.4, 0.5) is 16.4 Å². The van der Waals surface area contributed by atoms with Gasteiger partial charge in [-0.2, -0.15) is 0 Å². The number of aryl methyl sites for hydroxylation is 3. The van der Waals surface area contributed by atoms with Crippen LogP contribution in [-0.4, -0.2) is 26.4 Å². The number of aromatic nitrogens is 3. The van der Waals surface area contributed by atoms with E-state index in [1.807, 2.05) is 30.7 Å². The summed E-state index contributed by atoms with van der Waals surface area (Å²) in [5.74, 6) is 0.503. The fourth-order valence-electron chi connectivity index (χ4n) is 3.71. The van der Waals surface area contributed by atoms with Crippen LogP contribution < -0.4 is 16.6 Å². The standard InChI is InChI=1S/C22H20Cl2N6O2/c1-12-11-30(10-4-9-26-21(25)32)20(31)17-13(12)7-8-16-19(17)29(2)22(27-16)28-18-14(23)5-3-6-15(18)24/h3,5-9,11H,4,10H2,1-2H3,(H2,25,32)(H,27,28). The summed E-state index contributed by atoms with van der Waals surface area (Å²) in [6.45, 7) is 2.31. The lowest BCUT2D eigenvalue weighted by Crippen LogP contribution is -2.21. The van der Waals surface area contributed by atoms with Gasteiger partial charge in [-0.25, -0.2) is 14.8 Å². The summed E-state index contributed by atoms with van der Waals surface area (Å²) in [5, 5.41) is 5.51. The number of imidazole rings is 1. The van der Waals surface area contributed by atoms with E-state index in [0.29, 0.717) is 51.1 Å². The normalized spacial score (nSPS) is 11.6. The van der Waals surface area contributed by atoms with Gasteiger partial charge in [0.25, 0.3) is 5.56 Å². The number of para-hydroxylation sites is 1. The molecule has 4 aromatic rings. The Kier molecular flexibility index (Phi) is 5.90. The number of nitrogens with two attached hydrogens (primary N) is 1. The molecule has 0 saturated heterocycles. The molecule has 0 saturated carbocycles. The first-order chi connectivity index (χ1) is 15.3. The molecule has 0 bridgehead atoms. The molecule has 0 aliphatic rings. The van der Waals surface area contributed by atoms with Crippen molar-refractivity contribution in [1.82, 2.24) is 14.1 Å². The Morgan fingerprint density at radius 3 is 2.66 bits per heavy atom. The first-order valence-electron chi connectivity index (χ1n) is 9.80. The first kappa shape index (κ1) is 21.9. The Hall–Kier alpha value is -3.36. The van der Waals surface area contributed by atoms with Crippen molar-refractivity contribution in [3.63, 3.8) is 0 Å². The summed E-state index contributed by atoms with van der Waals surface area (Å²) < 4.78 is 3.42. The minimum atomic E-state index is -0.762. The predicted octanol–water partition coefficient (Wildman–Crippen LogP) is 4.79. The summed E-state index contributed by atoms with van der Waals surface area (Å²) in [6, 6.07) is 8.24. The van der Waals surface area contributed by atoms with E-state index in [4.69, 9.17) is 28.9 Å². The van der Waals surface area contributed by atoms with Crippen LogP contribution >= 0.6 is 23.2 Å². The second-order valence-electron chi connectivity index (χ2n) is 7.32. The largest absolute Gasteiger partial charge is 0.350 e. The van der Waals surface area contributed by atoms with E-state index in [1.165, 1.54) is 6.21 Å². The van der Waals surface area contributed by atoms with E-state index in [2.05, 4.69) is 15.3 Å². The second-order valence-corrected chi connectivity index (χ2v) is 8.14. The van der Waals surface area contributed by atoms with Gasteiger partial charge in [-0.15, -0.1) is 0 Å². The van der Waals surface area contributed by atoms with Gasteiger partial charge >= 0.3 is 6.03 Å². The zero-order valence-electron chi connectivity index (χ0n) is 17.4. The number of nitrogens with one attached hydrogen (secondary N) is 1. The van der Waals surface area contributed by atoms with Crippen molar-refractivity contribution in [2.45, 2.75) is 19.9 Å². The van der Waals surface area contributed by atoms with Gasteiger partial charge < -0.3 is 20.2 Å². The van der Waals surface area contributed by atoms with Gasteiger partial charge in [0.15, 0.2) is 0 Å². The van der Waals surface area contributed by atoms with Crippen molar-refractivity contribution in [2.24, 2.45) is 17.8 Å². The highest BCUT2D eigenvalue weighted by molar-refractivity contribution is 6.39. The Labute approximate surface area is 193 Å². The van der Waals surface area contributed by atoms with Gasteiger partial charge in [-0.3, -0.25) is 4.79 Å². The molecule has 10 heteroatoms. The number of pyridine rings is 1. The molecule has 3 N–H and O–H groups in total. The third-order valence-electron chi connectivity index (χ3n) is 5.20. The fourth-order valence-corrected chi connectivity index (χ4v) is 4.21. The minimum Gasteiger partial charge on any atom is -0.350 e. The number of aliphatic imine (C=N–C) groups is 1. The minimum absolute atomic E-state index is 0.158. The number of nitrogens with zero attached hydrogens (tertiary/aromatic N) is 4. The number of hydrogen-bond donors (Lipinski definition) is 2. The molecular weight excluding hydrogens is 451 g/mol. The highest BCUT2D eigenvalue weighted by Crippen LogP contribution is 2.34. The third kappa shape index (κ3) is 3.94. The highest BCUT2D eigenvalue weighted by atomic mass is 35.5. The Morgan fingerprint density at radius 2 is 1.97 bits per heavy atom. The average molecular weight is 471 g/mol. The van der Waals surface area contributed by atoms with Crippen LogP contribution in [0.25, 0.3) is 21.8 Å². The fraction of sp³-hybridized carbons (Fsp3) is 0.182. The first-order valence-corrected chi connectivity index (χ1v) is 10.6. The summed E-state index contributed by atoms with van der Waals surface area (Å²) in [4.78, 5) is 32.3. The van der Waals surface area contributed by atoms with Crippen LogP contribution in [0.3, 0.4) is 0 Å². The molecule has 0 aliphatic heterocycles. The van der Waals surface area contributed by atoms with Gasteiger partial charge in [0.1, 0.15) is 0 Å². The molecule has 0 atom stereocenters. The van der Waals surface area contributed by atoms with Crippen molar-refractivity contribution in [3.8, 4) is 0 Å². The van der Waals surface area contributed by atoms with E-state index >= 15 is 0 Å². The van der Waals surface area contributed by atoms with Crippen molar-refractivity contribution < 1.29 is 4.79 Å². The number of primary amides is 1. The number of hydrogen-bond acceptors (Lipinski definition) is 4. The molecule has 2 heterocycles. The van der Waals surface area contributed by atoms with Gasteiger partial charge in [0, 0.05) is 32.4 Å². The van der Waals surface area contributed by atoms with Gasteiger partial charge in [0.2, 0.25) is 5.95 Å². The Balaban J connectivity index is 1.85. The van der Waals surface area contributed by atoms with Gasteiger partial charge in [-0.1, -0.05) is 35.3 Å². The van der Waals surface area contributed by atoms with Crippen molar-refractivity contribution in [3.05, 3.63) is 62.5 Å². The number of benzene rings is 2. The molecule has 32 heavy (non-hydrogen) atoms. The summed E-state index contributed by atoms with van der Waals surface area (Å²) in [6.07, 6.45) is 3.61. The monoisotopic (exact) mass is 470 g/mol. The van der Waals surface area contributed by atoms with Crippen LogP contribution in [0, 0.1) is 6.92 Å². The van der Waals surface area contributed by atoms with Gasteiger partial charge in [-0.05, 0) is 36.1 Å². The lowest BCUT2D eigenvalue weighted by molar-refractivity contribution is 0.257. The maximum Gasteiger partial charge on any atom is 0.337 e. The molecule has 8 nitrogen and oxygen atoms in total. The van der Waals surface area contributed by atoms with Crippen molar-refractivity contribution in [1.29, 1.82) is 0 Å². The number of amides is 2. The average Bonchev–Trinajstić information content (AvgIpc) is 3.06. The molecule has 2 amide bonds. The molecule has 0 unspecified atom stereocenters. The number of rotatable bonds is 5. The van der Waals surface area contributed by atoms with Crippen LogP contribution in [0.15, 0.2) is 46.3 Å². The van der Waals surface area contributed by atoms with Gasteiger partial charge in [0.05, 0.1) is 32.2 Å². The molecule has 0 fully saturated rings. The van der Waals surface area contributed by atoms with E-state index in [0.717, 1.165) is 10.9 Å². The number of fused-ring (bicyclic) bond motifs is 3. The zero-order chi connectivity index (χ0) is 23.0. The maximum absolute atomic E-state index is 13.4. The quantitative estimate of drug-likeness (QED) is 0.408. The second kappa shape index (κ2) is 8.64. The Morgan fingerprint density at radius 1 is 1.25 bits per heavy atom. The Bertz CT molecular complexity index is 1430. The lowest BCUT2D eigenvalue weighted by Gasteiger charge is -2.12. The molecule has 4 rings (SSSR count). The smallest absolute Gasteiger partial charge is 0.337 e. The third-order valence-corrected chi connectivity index (χ3v) is 5.83. The predicted molar refractivity (Wildman–Crippen MR) is 130 cm³/mol. The number of carbonyl (C=O) groups is 1. The van der Waals surface area contributed by atoms with Crippen LogP contribution in [-0.2, 0) is 13.6 Å².